The molecule has 0 saturated carbocycles. The molecule has 0 radical (unpaired) electrons. The van der Waals surface area contributed by atoms with Gasteiger partial charge in [-0.05, 0) is 27.2 Å². The van der Waals surface area contributed by atoms with Gasteiger partial charge in [0.15, 0.2) is 0 Å². The Kier molecular flexibility index (Phi) is 4.15. The van der Waals surface area contributed by atoms with E-state index in [2.05, 4.69) is 5.32 Å². The lowest BCUT2D eigenvalue weighted by Crippen LogP contribution is -2.48. The Labute approximate surface area is 96.1 Å². The van der Waals surface area contributed by atoms with Crippen molar-refractivity contribution in [2.45, 2.75) is 58.0 Å². The van der Waals surface area contributed by atoms with Gasteiger partial charge in [-0.1, -0.05) is 6.92 Å². The first-order valence-electron chi connectivity index (χ1n) is 5.62. The zero-order valence-corrected chi connectivity index (χ0v) is 10.3. The largest absolute Gasteiger partial charge is 0.444 e. The fourth-order valence-electron chi connectivity index (χ4n) is 1.68. The average Bonchev–Trinajstić information content (AvgIpc) is 2.44. The summed E-state index contributed by atoms with van der Waals surface area (Å²) in [6.07, 6.45) is -0.558. The molecule has 94 valence electrons. The van der Waals surface area contributed by atoms with Crippen LogP contribution >= 0.6 is 0 Å². The molecule has 1 heterocycles. The minimum atomic E-state index is -0.655. The van der Waals surface area contributed by atoms with Gasteiger partial charge in [0.25, 0.3) is 0 Å². The van der Waals surface area contributed by atoms with Crippen LogP contribution in [0.25, 0.3) is 0 Å². The summed E-state index contributed by atoms with van der Waals surface area (Å²) in [4.78, 5) is 11.5. The van der Waals surface area contributed by atoms with Gasteiger partial charge in [-0.25, -0.2) is 4.79 Å². The van der Waals surface area contributed by atoms with Crippen molar-refractivity contribution in [3.8, 4) is 0 Å². The zero-order valence-electron chi connectivity index (χ0n) is 10.3. The van der Waals surface area contributed by atoms with E-state index in [1.165, 1.54) is 0 Å². The number of hydrogen-bond donors (Lipinski definition) is 2. The summed E-state index contributed by atoms with van der Waals surface area (Å²) in [5, 5.41) is 12.3. The summed E-state index contributed by atoms with van der Waals surface area (Å²) in [5.74, 6) is 0. The summed E-state index contributed by atoms with van der Waals surface area (Å²) in [6.45, 7) is 7.60. The zero-order chi connectivity index (χ0) is 12.3. The van der Waals surface area contributed by atoms with Gasteiger partial charge in [0.05, 0.1) is 18.8 Å². The van der Waals surface area contributed by atoms with E-state index in [1.54, 1.807) is 20.8 Å². The Hall–Kier alpha value is -0.810. The highest BCUT2D eigenvalue weighted by molar-refractivity contribution is 5.68. The minimum Gasteiger partial charge on any atom is -0.444 e. The number of aliphatic hydroxyl groups is 1. The maximum Gasteiger partial charge on any atom is 0.408 e. The Morgan fingerprint density at radius 3 is 2.69 bits per heavy atom. The van der Waals surface area contributed by atoms with E-state index >= 15 is 0 Å². The fraction of sp³-hybridized carbons (Fsp3) is 0.909. The molecule has 0 aliphatic carbocycles. The number of ether oxygens (including phenoxy) is 2. The summed E-state index contributed by atoms with van der Waals surface area (Å²) in [7, 11) is 0. The molecule has 0 aromatic rings. The normalized spacial score (nSPS) is 30.2. The van der Waals surface area contributed by atoms with E-state index in [0.717, 1.165) is 6.42 Å². The van der Waals surface area contributed by atoms with E-state index in [4.69, 9.17) is 9.47 Å². The van der Waals surface area contributed by atoms with Crippen LogP contribution in [0.1, 0.15) is 34.1 Å². The number of nitrogens with one attached hydrogen (secondary N) is 1. The predicted molar refractivity (Wildman–Crippen MR) is 59.2 cm³/mol. The Morgan fingerprint density at radius 1 is 1.56 bits per heavy atom. The molecule has 2 N–H and O–H groups in total. The van der Waals surface area contributed by atoms with Crippen LogP contribution < -0.4 is 5.32 Å². The van der Waals surface area contributed by atoms with Gasteiger partial charge in [0.2, 0.25) is 0 Å². The first-order chi connectivity index (χ1) is 7.33. The predicted octanol–water partition coefficient (Wildman–Crippen LogP) is 1.05. The third-order valence-corrected chi connectivity index (χ3v) is 2.38. The van der Waals surface area contributed by atoms with Gasteiger partial charge in [-0.15, -0.1) is 0 Å². The molecule has 1 unspecified atom stereocenters. The van der Waals surface area contributed by atoms with Crippen molar-refractivity contribution < 1.29 is 19.4 Å². The van der Waals surface area contributed by atoms with Crippen molar-refractivity contribution in [1.82, 2.24) is 5.32 Å². The minimum absolute atomic E-state index is 0.137. The van der Waals surface area contributed by atoms with Crippen LogP contribution in [0.4, 0.5) is 4.79 Å². The second-order valence-electron chi connectivity index (χ2n) is 5.02. The average molecular weight is 231 g/mol. The van der Waals surface area contributed by atoms with Crippen LogP contribution in [-0.2, 0) is 9.47 Å². The van der Waals surface area contributed by atoms with Crippen LogP contribution in [0.3, 0.4) is 0 Å². The van der Waals surface area contributed by atoms with E-state index in [-0.39, 0.29) is 18.8 Å². The van der Waals surface area contributed by atoms with Gasteiger partial charge in [0, 0.05) is 0 Å². The first-order valence-corrected chi connectivity index (χ1v) is 5.62. The third-order valence-electron chi connectivity index (χ3n) is 2.38. The van der Waals surface area contributed by atoms with Crippen molar-refractivity contribution in [2.75, 3.05) is 6.61 Å². The highest BCUT2D eigenvalue weighted by Gasteiger charge is 2.36. The van der Waals surface area contributed by atoms with Gasteiger partial charge >= 0.3 is 6.09 Å². The Bertz CT molecular complexity index is 249. The standard InChI is InChI=1S/C11H21NO4/c1-5-8-9(7(13)6-15-8)12-10(14)16-11(2,3)4/h7-9,13H,5-6H2,1-4H3,(H,12,14)/t7?,8-,9+/m0/s1. The van der Waals surface area contributed by atoms with Crippen LogP contribution in [0.15, 0.2) is 0 Å². The molecule has 1 aliphatic heterocycles. The lowest BCUT2D eigenvalue weighted by Gasteiger charge is -2.24. The molecule has 1 saturated heterocycles. The summed E-state index contributed by atoms with van der Waals surface area (Å²) < 4.78 is 10.5. The SMILES string of the molecule is CC[C@@H]1OCC(O)[C@H]1NC(=O)OC(C)(C)C. The maximum atomic E-state index is 11.5. The van der Waals surface area contributed by atoms with E-state index < -0.39 is 17.8 Å². The van der Waals surface area contributed by atoms with Gasteiger partial charge in [-0.2, -0.15) is 0 Å². The van der Waals surface area contributed by atoms with Crippen molar-refractivity contribution in [1.29, 1.82) is 0 Å². The molecule has 16 heavy (non-hydrogen) atoms. The molecular weight excluding hydrogens is 210 g/mol. The van der Waals surface area contributed by atoms with Gasteiger partial charge in [-0.3, -0.25) is 0 Å². The molecule has 0 spiro atoms. The molecule has 5 heteroatoms. The highest BCUT2D eigenvalue weighted by atomic mass is 16.6. The van der Waals surface area contributed by atoms with Crippen molar-refractivity contribution in [2.24, 2.45) is 0 Å². The molecule has 0 bridgehead atoms. The van der Waals surface area contributed by atoms with Crippen LogP contribution in [0.5, 0.6) is 0 Å². The van der Waals surface area contributed by atoms with Crippen LogP contribution in [0, 0.1) is 0 Å². The van der Waals surface area contributed by atoms with Crippen molar-refractivity contribution in [3.63, 3.8) is 0 Å². The van der Waals surface area contributed by atoms with Gasteiger partial charge in [0.1, 0.15) is 11.7 Å². The number of aliphatic hydroxyl groups excluding tert-OH is 1. The molecule has 1 rings (SSSR count). The molecule has 1 fully saturated rings. The van der Waals surface area contributed by atoms with Crippen molar-refractivity contribution >= 4 is 6.09 Å². The number of alkyl carbamates (subject to hydrolysis) is 1. The first kappa shape index (κ1) is 13.3. The summed E-state index contributed by atoms with van der Waals surface area (Å²) in [6, 6.07) is -0.375. The number of carbonyl (C=O) groups is 1. The summed E-state index contributed by atoms with van der Waals surface area (Å²) in [5.41, 5.74) is -0.532. The number of carbonyl (C=O) groups excluding carboxylic acids is 1. The Balaban J connectivity index is 2.49. The number of amides is 1. The molecule has 0 aromatic heterocycles. The molecule has 0 aromatic carbocycles. The molecular formula is C11H21NO4. The number of hydrogen-bond acceptors (Lipinski definition) is 4. The monoisotopic (exact) mass is 231 g/mol. The highest BCUT2D eigenvalue weighted by Crippen LogP contribution is 2.18. The second kappa shape index (κ2) is 5.01. The Morgan fingerprint density at radius 2 is 2.19 bits per heavy atom. The van der Waals surface area contributed by atoms with Crippen LogP contribution in [-0.4, -0.2) is 41.7 Å². The van der Waals surface area contributed by atoms with E-state index in [1.807, 2.05) is 6.92 Å². The fourth-order valence-corrected chi connectivity index (χ4v) is 1.68. The van der Waals surface area contributed by atoms with Gasteiger partial charge < -0.3 is 19.9 Å². The lowest BCUT2D eigenvalue weighted by atomic mass is 10.1. The number of rotatable bonds is 2. The second-order valence-corrected chi connectivity index (χ2v) is 5.02. The topological polar surface area (TPSA) is 67.8 Å². The summed E-state index contributed by atoms with van der Waals surface area (Å²) >= 11 is 0. The van der Waals surface area contributed by atoms with Crippen LogP contribution in [0.2, 0.25) is 0 Å². The van der Waals surface area contributed by atoms with E-state index in [9.17, 15) is 9.90 Å². The lowest BCUT2D eigenvalue weighted by molar-refractivity contribution is 0.0425. The quantitative estimate of drug-likeness (QED) is 0.745. The molecule has 3 atom stereocenters. The molecule has 1 aliphatic rings. The molecule has 5 nitrogen and oxygen atoms in total. The van der Waals surface area contributed by atoms with E-state index in [0.29, 0.717) is 0 Å². The third kappa shape index (κ3) is 3.64. The molecule has 1 amide bonds. The van der Waals surface area contributed by atoms with Crippen molar-refractivity contribution in [3.05, 3.63) is 0 Å². The maximum absolute atomic E-state index is 11.5. The smallest absolute Gasteiger partial charge is 0.408 e.